The fourth-order valence-electron chi connectivity index (χ4n) is 1.91. The number of nitrogens with zero attached hydrogens (tertiary/aromatic N) is 1. The lowest BCUT2D eigenvalue weighted by Crippen LogP contribution is -2.50. The number of rotatable bonds is 2. The molecule has 15 heavy (non-hydrogen) atoms. The maximum absolute atomic E-state index is 11.6. The molecule has 0 aromatic heterocycles. The van der Waals surface area contributed by atoms with E-state index in [1.165, 1.54) is 4.90 Å². The maximum atomic E-state index is 11.6. The number of aliphatic carboxylic acids is 1. The monoisotopic (exact) mass is 277 g/mol. The summed E-state index contributed by atoms with van der Waals surface area (Å²) in [5.74, 6) is -1.02. The Morgan fingerprint density at radius 1 is 1.60 bits per heavy atom. The summed E-state index contributed by atoms with van der Waals surface area (Å²) in [7, 11) is 0. The highest BCUT2D eigenvalue weighted by Crippen LogP contribution is 2.30. The van der Waals surface area contributed by atoms with Crippen LogP contribution < -0.4 is 0 Å². The topological polar surface area (TPSA) is 57.6 Å². The van der Waals surface area contributed by atoms with Gasteiger partial charge in [0.25, 0.3) is 0 Å². The van der Waals surface area contributed by atoms with Gasteiger partial charge >= 0.3 is 5.97 Å². The largest absolute Gasteiger partial charge is 0.480 e. The van der Waals surface area contributed by atoms with Crippen molar-refractivity contribution in [1.82, 2.24) is 4.90 Å². The summed E-state index contributed by atoms with van der Waals surface area (Å²) >= 11 is 3.35. The van der Waals surface area contributed by atoms with Gasteiger partial charge < -0.3 is 10.0 Å². The first-order valence-corrected chi connectivity index (χ1v) is 5.81. The Kier molecular flexibility index (Phi) is 3.43. The molecular formula is C10H16BrNO3. The van der Waals surface area contributed by atoms with E-state index in [0.29, 0.717) is 13.0 Å². The Balaban J connectivity index is 2.91. The second-order valence-corrected chi connectivity index (χ2v) is 6.25. The van der Waals surface area contributed by atoms with E-state index in [0.717, 1.165) is 0 Å². The number of carboxylic acids is 1. The Morgan fingerprint density at radius 3 is 2.40 bits per heavy atom. The molecule has 1 aliphatic rings. The molecule has 2 atom stereocenters. The van der Waals surface area contributed by atoms with Crippen molar-refractivity contribution in [3.8, 4) is 0 Å². The van der Waals surface area contributed by atoms with Gasteiger partial charge in [0.05, 0.1) is 0 Å². The summed E-state index contributed by atoms with van der Waals surface area (Å²) in [4.78, 5) is 24.3. The van der Waals surface area contributed by atoms with Crippen molar-refractivity contribution in [3.63, 3.8) is 0 Å². The first-order chi connectivity index (χ1) is 6.73. The van der Waals surface area contributed by atoms with Crippen LogP contribution in [0.2, 0.25) is 0 Å². The SMILES string of the molecule is CC(C)(C)[C@@H](C(=O)O)N1CC(Br)CC1=O. The molecule has 0 spiro atoms. The zero-order chi connectivity index (χ0) is 11.8. The molecular weight excluding hydrogens is 262 g/mol. The highest BCUT2D eigenvalue weighted by atomic mass is 79.9. The van der Waals surface area contributed by atoms with Crippen molar-refractivity contribution in [3.05, 3.63) is 0 Å². The highest BCUT2D eigenvalue weighted by Gasteiger charge is 2.42. The Bertz CT molecular complexity index is 285. The number of carbonyl (C=O) groups excluding carboxylic acids is 1. The van der Waals surface area contributed by atoms with E-state index < -0.39 is 17.4 Å². The van der Waals surface area contributed by atoms with Crippen LogP contribution in [0, 0.1) is 5.41 Å². The first kappa shape index (κ1) is 12.5. The zero-order valence-electron chi connectivity index (χ0n) is 9.16. The summed E-state index contributed by atoms with van der Waals surface area (Å²) in [5.41, 5.74) is -0.446. The molecule has 4 nitrogen and oxygen atoms in total. The summed E-state index contributed by atoms with van der Waals surface area (Å²) in [6, 6.07) is -0.743. The lowest BCUT2D eigenvalue weighted by Gasteiger charge is -2.34. The quantitative estimate of drug-likeness (QED) is 0.778. The molecule has 1 rings (SSSR count). The lowest BCUT2D eigenvalue weighted by atomic mass is 9.86. The van der Waals surface area contributed by atoms with Crippen molar-refractivity contribution in [2.45, 2.75) is 38.1 Å². The second kappa shape index (κ2) is 4.12. The number of amides is 1. The van der Waals surface area contributed by atoms with Crippen molar-refractivity contribution >= 4 is 27.8 Å². The third-order valence-electron chi connectivity index (χ3n) is 2.48. The normalized spacial score (nSPS) is 24.4. The predicted molar refractivity (Wildman–Crippen MR) is 59.9 cm³/mol. The van der Waals surface area contributed by atoms with Crippen molar-refractivity contribution in [2.75, 3.05) is 6.54 Å². The molecule has 0 aromatic rings. The van der Waals surface area contributed by atoms with Crippen LogP contribution in [0.1, 0.15) is 27.2 Å². The van der Waals surface area contributed by atoms with Gasteiger partial charge in [0.1, 0.15) is 6.04 Å². The van der Waals surface area contributed by atoms with Crippen LogP contribution in [0.5, 0.6) is 0 Å². The molecule has 5 heteroatoms. The molecule has 86 valence electrons. The van der Waals surface area contributed by atoms with Gasteiger partial charge in [0.15, 0.2) is 0 Å². The molecule has 0 aromatic carbocycles. The smallest absolute Gasteiger partial charge is 0.326 e. The second-order valence-electron chi connectivity index (χ2n) is 4.95. The van der Waals surface area contributed by atoms with Gasteiger partial charge in [-0.3, -0.25) is 4.79 Å². The van der Waals surface area contributed by atoms with Crippen LogP contribution in [0.15, 0.2) is 0 Å². The minimum absolute atomic E-state index is 0.0780. The van der Waals surface area contributed by atoms with Gasteiger partial charge in [-0.2, -0.15) is 0 Å². The van der Waals surface area contributed by atoms with Gasteiger partial charge in [0.2, 0.25) is 5.91 Å². The van der Waals surface area contributed by atoms with Crippen LogP contribution in [-0.2, 0) is 9.59 Å². The molecule has 1 N–H and O–H groups in total. The number of carbonyl (C=O) groups is 2. The molecule has 1 heterocycles. The molecule has 1 fully saturated rings. The molecule has 1 unspecified atom stereocenters. The lowest BCUT2D eigenvalue weighted by molar-refractivity contribution is -0.153. The molecule has 1 aliphatic heterocycles. The van der Waals surface area contributed by atoms with Crippen molar-refractivity contribution in [2.24, 2.45) is 5.41 Å². The average molecular weight is 278 g/mol. The third-order valence-corrected chi connectivity index (χ3v) is 3.09. The zero-order valence-corrected chi connectivity index (χ0v) is 10.7. The minimum atomic E-state index is -0.933. The summed E-state index contributed by atoms with van der Waals surface area (Å²) < 4.78 is 0. The van der Waals surface area contributed by atoms with Crippen LogP contribution in [-0.4, -0.2) is 39.3 Å². The summed E-state index contributed by atoms with van der Waals surface area (Å²) in [5, 5.41) is 9.16. The first-order valence-electron chi connectivity index (χ1n) is 4.90. The number of alkyl halides is 1. The summed E-state index contributed by atoms with van der Waals surface area (Å²) in [6.45, 7) is 5.98. The number of likely N-dealkylation sites (tertiary alicyclic amines) is 1. The molecule has 1 amide bonds. The van der Waals surface area contributed by atoms with Gasteiger partial charge in [-0.15, -0.1) is 0 Å². The molecule has 0 saturated carbocycles. The Morgan fingerprint density at radius 2 is 2.13 bits per heavy atom. The highest BCUT2D eigenvalue weighted by molar-refractivity contribution is 9.09. The fourth-order valence-corrected chi connectivity index (χ4v) is 2.50. The van der Waals surface area contributed by atoms with Gasteiger partial charge in [0, 0.05) is 17.8 Å². The Labute approximate surface area is 97.8 Å². The molecule has 0 radical (unpaired) electrons. The number of carboxylic acid groups (broad SMARTS) is 1. The van der Waals surface area contributed by atoms with E-state index in [-0.39, 0.29) is 10.7 Å². The van der Waals surface area contributed by atoms with E-state index in [2.05, 4.69) is 15.9 Å². The number of halogens is 1. The van der Waals surface area contributed by atoms with Crippen LogP contribution in [0.25, 0.3) is 0 Å². The summed E-state index contributed by atoms with van der Waals surface area (Å²) in [6.07, 6.45) is 0.389. The van der Waals surface area contributed by atoms with Gasteiger partial charge in [-0.25, -0.2) is 4.79 Å². The van der Waals surface area contributed by atoms with Crippen molar-refractivity contribution < 1.29 is 14.7 Å². The average Bonchev–Trinajstić information content (AvgIpc) is 2.26. The molecule has 0 bridgehead atoms. The predicted octanol–water partition coefficient (Wildman–Crippen LogP) is 1.48. The third kappa shape index (κ3) is 2.71. The van der Waals surface area contributed by atoms with E-state index in [1.807, 2.05) is 20.8 Å². The van der Waals surface area contributed by atoms with Gasteiger partial charge in [-0.1, -0.05) is 36.7 Å². The van der Waals surface area contributed by atoms with E-state index >= 15 is 0 Å². The maximum Gasteiger partial charge on any atom is 0.326 e. The number of hydrogen-bond donors (Lipinski definition) is 1. The molecule has 1 saturated heterocycles. The number of hydrogen-bond acceptors (Lipinski definition) is 2. The molecule has 0 aliphatic carbocycles. The standard InChI is InChI=1S/C10H16BrNO3/c1-10(2,3)8(9(14)15)12-5-6(11)4-7(12)13/h6,8H,4-5H2,1-3H3,(H,14,15)/t6?,8-/m1/s1. The van der Waals surface area contributed by atoms with Crippen LogP contribution in [0.3, 0.4) is 0 Å². The van der Waals surface area contributed by atoms with E-state index in [4.69, 9.17) is 5.11 Å². The fraction of sp³-hybridized carbons (Fsp3) is 0.800. The minimum Gasteiger partial charge on any atom is -0.480 e. The van der Waals surface area contributed by atoms with E-state index in [1.54, 1.807) is 0 Å². The van der Waals surface area contributed by atoms with E-state index in [9.17, 15) is 9.59 Å². The van der Waals surface area contributed by atoms with Gasteiger partial charge in [-0.05, 0) is 5.41 Å². The van der Waals surface area contributed by atoms with Crippen LogP contribution >= 0.6 is 15.9 Å². The van der Waals surface area contributed by atoms with Crippen LogP contribution in [0.4, 0.5) is 0 Å². The Hall–Kier alpha value is -0.580. The van der Waals surface area contributed by atoms with Crippen molar-refractivity contribution in [1.29, 1.82) is 0 Å².